The van der Waals surface area contributed by atoms with Crippen molar-refractivity contribution in [2.45, 2.75) is 0 Å². The van der Waals surface area contributed by atoms with Crippen LogP contribution in [0, 0.1) is 0 Å². The van der Waals surface area contributed by atoms with E-state index in [4.69, 9.17) is 0 Å². The zero-order valence-electron chi connectivity index (χ0n) is 38.4. The van der Waals surface area contributed by atoms with E-state index in [1.165, 1.54) is 142 Å². The Balaban J connectivity index is 1.00. The lowest BCUT2D eigenvalue weighted by atomic mass is 9.85. The van der Waals surface area contributed by atoms with Crippen molar-refractivity contribution in [1.29, 1.82) is 0 Å². The van der Waals surface area contributed by atoms with Crippen molar-refractivity contribution >= 4 is 75.4 Å². The maximum atomic E-state index is 2.47. The van der Waals surface area contributed by atoms with Crippen molar-refractivity contribution in [3.63, 3.8) is 0 Å². The minimum absolute atomic E-state index is 1.20. The zero-order valence-corrected chi connectivity index (χ0v) is 38.4. The van der Waals surface area contributed by atoms with Gasteiger partial charge in [-0.15, -0.1) is 0 Å². The van der Waals surface area contributed by atoms with Gasteiger partial charge in [-0.25, -0.2) is 0 Å². The molecule has 0 aliphatic heterocycles. The normalized spacial score (nSPS) is 11.7. The van der Waals surface area contributed by atoms with Crippen molar-refractivity contribution < 1.29 is 0 Å². The molecule has 0 nitrogen and oxygen atoms in total. The molecule has 0 bridgehead atoms. The van der Waals surface area contributed by atoms with Crippen LogP contribution in [-0.2, 0) is 0 Å². The van der Waals surface area contributed by atoms with Crippen LogP contribution in [0.15, 0.2) is 267 Å². The highest BCUT2D eigenvalue weighted by Crippen LogP contribution is 2.45. The predicted molar refractivity (Wildman–Crippen MR) is 302 cm³/mol. The molecule has 0 aliphatic carbocycles. The van der Waals surface area contributed by atoms with E-state index in [-0.39, 0.29) is 0 Å². The topological polar surface area (TPSA) is 0 Å². The highest BCUT2D eigenvalue weighted by Gasteiger charge is 2.18. The number of rotatable bonds is 6. The summed E-state index contributed by atoms with van der Waals surface area (Å²) in [5, 5.41) is 17.4. The van der Waals surface area contributed by atoms with E-state index < -0.39 is 0 Å². The second-order valence-corrected chi connectivity index (χ2v) is 18.9. The summed E-state index contributed by atoms with van der Waals surface area (Å²) in [6.45, 7) is 0. The van der Waals surface area contributed by atoms with E-state index in [0.717, 1.165) is 0 Å². The molecular formula is C70H44. The molecule has 0 unspecified atom stereocenters. The van der Waals surface area contributed by atoms with Crippen LogP contribution < -0.4 is 0 Å². The Labute approximate surface area is 407 Å². The molecule has 0 atom stereocenters. The molecule has 14 aromatic rings. The summed E-state index contributed by atoms with van der Waals surface area (Å²) in [4.78, 5) is 0. The predicted octanol–water partition coefficient (Wildman–Crippen LogP) is 19.8. The second kappa shape index (κ2) is 16.3. The average Bonchev–Trinajstić information content (AvgIpc) is 3.43. The maximum Gasteiger partial charge on any atom is -0.00923 e. The van der Waals surface area contributed by atoms with Gasteiger partial charge < -0.3 is 0 Å². The summed E-state index contributed by atoms with van der Waals surface area (Å²) < 4.78 is 0. The van der Waals surface area contributed by atoms with Gasteiger partial charge in [0.15, 0.2) is 0 Å². The van der Waals surface area contributed by atoms with Crippen molar-refractivity contribution in [3.8, 4) is 66.8 Å². The molecule has 0 aliphatic rings. The van der Waals surface area contributed by atoms with E-state index in [9.17, 15) is 0 Å². The van der Waals surface area contributed by atoms with E-state index in [0.29, 0.717) is 0 Å². The number of hydrogen-bond donors (Lipinski definition) is 0. The van der Waals surface area contributed by atoms with Crippen LogP contribution >= 0.6 is 0 Å². The van der Waals surface area contributed by atoms with Crippen LogP contribution in [0.3, 0.4) is 0 Å². The quantitative estimate of drug-likeness (QED) is 0.146. The van der Waals surface area contributed by atoms with Gasteiger partial charge in [-0.1, -0.05) is 194 Å². The van der Waals surface area contributed by atoms with Gasteiger partial charge in [-0.2, -0.15) is 0 Å². The fraction of sp³-hybridized carbons (Fsp3) is 0. The molecule has 0 radical (unpaired) electrons. The zero-order chi connectivity index (χ0) is 46.1. The van der Waals surface area contributed by atoms with Gasteiger partial charge in [0, 0.05) is 0 Å². The van der Waals surface area contributed by atoms with Crippen molar-refractivity contribution in [2.75, 3.05) is 0 Å². The lowest BCUT2D eigenvalue weighted by molar-refractivity contribution is 1.60. The Morgan fingerprint density at radius 1 is 0.129 bits per heavy atom. The van der Waals surface area contributed by atoms with Crippen LogP contribution in [0.25, 0.3) is 142 Å². The molecule has 14 aromatic carbocycles. The molecule has 0 saturated heterocycles. The summed E-state index contributed by atoms with van der Waals surface area (Å²) in [6.07, 6.45) is 0. The molecule has 70 heavy (non-hydrogen) atoms. The van der Waals surface area contributed by atoms with Gasteiger partial charge in [-0.3, -0.25) is 0 Å². The SMILES string of the molecule is c1ccc2cc(-c3cc(-c4ccc5ccccc5c4)cc(-c4cc5c6ccccc6c(-c6cc(-c7ccc8ccccc8c7)cc(-c7ccc8ccccc8c7)c6)cc5c5ccccc45)c3)ccc2c1. The van der Waals surface area contributed by atoms with Crippen LogP contribution in [-0.4, -0.2) is 0 Å². The Bertz CT molecular complexity index is 3940. The van der Waals surface area contributed by atoms with Gasteiger partial charge in [0.25, 0.3) is 0 Å². The second-order valence-electron chi connectivity index (χ2n) is 18.9. The monoisotopic (exact) mass is 884 g/mol. The van der Waals surface area contributed by atoms with Crippen LogP contribution in [0.4, 0.5) is 0 Å². The number of hydrogen-bond acceptors (Lipinski definition) is 0. The summed E-state index contributed by atoms with van der Waals surface area (Å²) in [5.74, 6) is 0. The Kier molecular flexibility index (Phi) is 9.32. The van der Waals surface area contributed by atoms with E-state index in [1.807, 2.05) is 0 Å². The van der Waals surface area contributed by atoms with Crippen LogP contribution in [0.5, 0.6) is 0 Å². The standard InChI is InChI=1S/C70H44/c1-5-17-49-33-53(29-25-45(49)13-1)57-37-58(54-30-26-46-14-2-6-18-50(46)34-54)40-61(39-57)67-43-69-66-24-12-10-22-64(66)68(44-70(69)65-23-11-9-21-63(65)67)62-41-59(55-31-27-47-15-3-7-19-51(47)35-55)38-60(42-62)56-32-28-48-16-4-8-20-52(48)36-56/h1-44H. The molecular weight excluding hydrogens is 841 g/mol. The third-order valence-electron chi connectivity index (χ3n) is 14.7. The molecule has 0 N–H and O–H groups in total. The lowest BCUT2D eigenvalue weighted by Gasteiger charge is -2.18. The largest absolute Gasteiger partial charge is 0.0616 e. The Hall–Kier alpha value is -9.10. The van der Waals surface area contributed by atoms with Crippen LogP contribution in [0.1, 0.15) is 0 Å². The first-order valence-electron chi connectivity index (χ1n) is 24.3. The molecule has 0 heterocycles. The molecule has 14 rings (SSSR count). The molecule has 0 fully saturated rings. The number of fused-ring (bicyclic) bond motifs is 9. The smallest absolute Gasteiger partial charge is 0.00923 e. The highest BCUT2D eigenvalue weighted by molar-refractivity contribution is 6.24. The van der Waals surface area contributed by atoms with Crippen molar-refractivity contribution in [2.24, 2.45) is 0 Å². The molecule has 0 saturated carbocycles. The molecule has 0 spiro atoms. The van der Waals surface area contributed by atoms with Gasteiger partial charge in [0.2, 0.25) is 0 Å². The maximum absolute atomic E-state index is 2.47. The van der Waals surface area contributed by atoms with Crippen LogP contribution in [0.2, 0.25) is 0 Å². The van der Waals surface area contributed by atoms with Gasteiger partial charge in [0.1, 0.15) is 0 Å². The summed E-state index contributed by atoms with van der Waals surface area (Å²) in [5.41, 5.74) is 14.5. The molecule has 0 amide bonds. The summed E-state index contributed by atoms with van der Waals surface area (Å²) >= 11 is 0. The summed E-state index contributed by atoms with van der Waals surface area (Å²) in [7, 11) is 0. The molecule has 0 aromatic heterocycles. The molecule has 324 valence electrons. The third kappa shape index (κ3) is 6.92. The van der Waals surface area contributed by atoms with Crippen molar-refractivity contribution in [3.05, 3.63) is 267 Å². The first kappa shape index (κ1) is 40.0. The molecule has 0 heteroatoms. The Morgan fingerprint density at radius 3 is 0.671 bits per heavy atom. The summed E-state index contributed by atoms with van der Waals surface area (Å²) in [6, 6.07) is 99.5. The van der Waals surface area contributed by atoms with E-state index in [1.54, 1.807) is 0 Å². The Morgan fingerprint density at radius 2 is 0.371 bits per heavy atom. The van der Waals surface area contributed by atoms with Gasteiger partial charge in [-0.05, 0) is 215 Å². The highest BCUT2D eigenvalue weighted by atomic mass is 14.2. The van der Waals surface area contributed by atoms with Crippen molar-refractivity contribution in [1.82, 2.24) is 0 Å². The lowest BCUT2D eigenvalue weighted by Crippen LogP contribution is -1.92. The van der Waals surface area contributed by atoms with Gasteiger partial charge in [0.05, 0.1) is 0 Å². The van der Waals surface area contributed by atoms with E-state index >= 15 is 0 Å². The van der Waals surface area contributed by atoms with E-state index in [2.05, 4.69) is 267 Å². The number of benzene rings is 14. The minimum Gasteiger partial charge on any atom is -0.0616 e. The fourth-order valence-electron chi connectivity index (χ4n) is 11.1. The minimum atomic E-state index is 1.20. The first-order chi connectivity index (χ1) is 34.6. The van der Waals surface area contributed by atoms with Gasteiger partial charge >= 0.3 is 0 Å². The average molecular weight is 885 g/mol. The first-order valence-corrected chi connectivity index (χ1v) is 24.3. The fourth-order valence-corrected chi connectivity index (χ4v) is 11.1. The third-order valence-corrected chi connectivity index (χ3v) is 14.7.